The number of nitrogens with one attached hydrogen (secondary N) is 1. The van der Waals surface area contributed by atoms with E-state index in [-0.39, 0.29) is 6.04 Å². The summed E-state index contributed by atoms with van der Waals surface area (Å²) in [5.41, 5.74) is 0. The molecule has 1 saturated heterocycles. The lowest BCUT2D eigenvalue weighted by molar-refractivity contribution is 0.176. The molecule has 0 saturated carbocycles. The van der Waals surface area contributed by atoms with Crippen LogP contribution in [0.15, 0.2) is 22.8 Å². The van der Waals surface area contributed by atoms with Crippen molar-refractivity contribution in [2.24, 2.45) is 5.92 Å². The zero-order valence-corrected chi connectivity index (χ0v) is 9.40. The van der Waals surface area contributed by atoms with Crippen molar-refractivity contribution in [1.29, 1.82) is 0 Å². The van der Waals surface area contributed by atoms with Gasteiger partial charge in [0.25, 0.3) is 0 Å². The summed E-state index contributed by atoms with van der Waals surface area (Å²) in [4.78, 5) is 0. The zero-order chi connectivity index (χ0) is 10.7. The Morgan fingerprint density at radius 3 is 2.93 bits per heavy atom. The van der Waals surface area contributed by atoms with Gasteiger partial charge >= 0.3 is 0 Å². The van der Waals surface area contributed by atoms with E-state index in [0.29, 0.717) is 12.0 Å². The van der Waals surface area contributed by atoms with Crippen molar-refractivity contribution in [1.82, 2.24) is 5.32 Å². The molecule has 3 heteroatoms. The van der Waals surface area contributed by atoms with Crippen molar-refractivity contribution in [2.45, 2.75) is 32.4 Å². The van der Waals surface area contributed by atoms with Crippen LogP contribution in [0, 0.1) is 5.92 Å². The van der Waals surface area contributed by atoms with Gasteiger partial charge in [0, 0.05) is 12.6 Å². The Labute approximate surface area is 90.8 Å². The highest BCUT2D eigenvalue weighted by atomic mass is 16.5. The van der Waals surface area contributed by atoms with Crippen molar-refractivity contribution in [3.05, 3.63) is 24.2 Å². The van der Waals surface area contributed by atoms with Crippen LogP contribution in [0.1, 0.15) is 32.1 Å². The lowest BCUT2D eigenvalue weighted by Crippen LogP contribution is -2.35. The molecule has 0 bridgehead atoms. The summed E-state index contributed by atoms with van der Waals surface area (Å²) in [6.45, 7) is 6.15. The summed E-state index contributed by atoms with van der Waals surface area (Å²) in [6, 6.07) is 4.69. The maximum absolute atomic E-state index is 5.39. The quantitative estimate of drug-likeness (QED) is 0.826. The van der Waals surface area contributed by atoms with E-state index in [1.807, 2.05) is 12.1 Å². The van der Waals surface area contributed by atoms with Crippen LogP contribution in [-0.4, -0.2) is 19.3 Å². The van der Waals surface area contributed by atoms with E-state index in [9.17, 15) is 0 Å². The summed E-state index contributed by atoms with van der Waals surface area (Å²) < 4.78 is 10.8. The molecule has 2 unspecified atom stereocenters. The molecule has 0 amide bonds. The number of ether oxygens (including phenoxy) is 1. The van der Waals surface area contributed by atoms with Crippen molar-refractivity contribution >= 4 is 0 Å². The van der Waals surface area contributed by atoms with Crippen LogP contribution >= 0.6 is 0 Å². The third kappa shape index (κ3) is 2.61. The smallest absolute Gasteiger partial charge is 0.120 e. The molecule has 3 atom stereocenters. The van der Waals surface area contributed by atoms with Crippen LogP contribution in [0.2, 0.25) is 0 Å². The van der Waals surface area contributed by atoms with Gasteiger partial charge in [-0.25, -0.2) is 0 Å². The lowest BCUT2D eigenvalue weighted by Gasteiger charge is -2.22. The summed E-state index contributed by atoms with van der Waals surface area (Å²) in [6.07, 6.45) is 2.88. The Bertz CT molecular complexity index is 278. The largest absolute Gasteiger partial charge is 0.468 e. The van der Waals surface area contributed by atoms with Crippen LogP contribution in [0.4, 0.5) is 0 Å². The molecule has 1 N–H and O–H groups in total. The minimum absolute atomic E-state index is 0.274. The van der Waals surface area contributed by atoms with Crippen LogP contribution in [0.3, 0.4) is 0 Å². The molecule has 2 rings (SSSR count). The first-order valence-corrected chi connectivity index (χ1v) is 5.64. The molecule has 3 nitrogen and oxygen atoms in total. The van der Waals surface area contributed by atoms with Crippen molar-refractivity contribution in [2.75, 3.05) is 13.2 Å². The van der Waals surface area contributed by atoms with E-state index >= 15 is 0 Å². The van der Waals surface area contributed by atoms with Crippen LogP contribution in [-0.2, 0) is 4.74 Å². The second kappa shape index (κ2) is 4.81. The van der Waals surface area contributed by atoms with Gasteiger partial charge in [-0.1, -0.05) is 0 Å². The van der Waals surface area contributed by atoms with E-state index in [1.54, 1.807) is 6.26 Å². The first kappa shape index (κ1) is 10.7. The number of rotatable bonds is 4. The first-order chi connectivity index (χ1) is 7.27. The van der Waals surface area contributed by atoms with Gasteiger partial charge in [0.2, 0.25) is 0 Å². The fourth-order valence-corrected chi connectivity index (χ4v) is 2.10. The molecule has 0 spiro atoms. The number of furan rings is 1. The van der Waals surface area contributed by atoms with E-state index in [1.165, 1.54) is 6.42 Å². The Morgan fingerprint density at radius 1 is 1.47 bits per heavy atom. The molecule has 1 aromatic rings. The van der Waals surface area contributed by atoms with Crippen molar-refractivity contribution < 1.29 is 9.15 Å². The molecule has 2 heterocycles. The summed E-state index contributed by atoms with van der Waals surface area (Å²) in [5, 5.41) is 3.55. The normalized spacial score (nSPS) is 25.3. The van der Waals surface area contributed by atoms with E-state index in [4.69, 9.17) is 9.15 Å². The SMILES string of the molecule is CC(N[C@@H](C)c1ccco1)C1CCOC1. The minimum Gasteiger partial charge on any atom is -0.468 e. The molecule has 1 aliphatic heterocycles. The van der Waals surface area contributed by atoms with Gasteiger partial charge in [-0.15, -0.1) is 0 Å². The molecule has 1 aliphatic rings. The second-order valence-corrected chi connectivity index (χ2v) is 4.32. The average molecular weight is 209 g/mol. The Hall–Kier alpha value is -0.800. The molecule has 0 aliphatic carbocycles. The highest BCUT2D eigenvalue weighted by molar-refractivity contribution is 5.03. The van der Waals surface area contributed by atoms with E-state index < -0.39 is 0 Å². The molecule has 1 aromatic heterocycles. The highest BCUT2D eigenvalue weighted by Crippen LogP contribution is 2.20. The Morgan fingerprint density at radius 2 is 2.33 bits per heavy atom. The number of hydrogen-bond donors (Lipinski definition) is 1. The molecule has 84 valence electrons. The molecule has 0 radical (unpaired) electrons. The Balaban J connectivity index is 1.85. The lowest BCUT2D eigenvalue weighted by atomic mass is 10.00. The van der Waals surface area contributed by atoms with Gasteiger partial charge in [-0.2, -0.15) is 0 Å². The van der Waals surface area contributed by atoms with Crippen molar-refractivity contribution in [3.8, 4) is 0 Å². The van der Waals surface area contributed by atoms with Gasteiger partial charge in [0.1, 0.15) is 5.76 Å². The maximum Gasteiger partial charge on any atom is 0.120 e. The molecular weight excluding hydrogens is 190 g/mol. The molecule has 0 aromatic carbocycles. The average Bonchev–Trinajstić information content (AvgIpc) is 2.91. The van der Waals surface area contributed by atoms with E-state index in [0.717, 1.165) is 19.0 Å². The minimum atomic E-state index is 0.274. The fraction of sp³-hybridized carbons (Fsp3) is 0.667. The van der Waals surface area contributed by atoms with Crippen LogP contribution in [0.5, 0.6) is 0 Å². The maximum atomic E-state index is 5.39. The third-order valence-corrected chi connectivity index (χ3v) is 3.15. The van der Waals surface area contributed by atoms with Crippen LogP contribution < -0.4 is 5.32 Å². The molecule has 15 heavy (non-hydrogen) atoms. The van der Waals surface area contributed by atoms with Gasteiger partial charge in [-0.05, 0) is 38.3 Å². The predicted molar refractivity (Wildman–Crippen MR) is 58.6 cm³/mol. The van der Waals surface area contributed by atoms with E-state index in [2.05, 4.69) is 19.2 Å². The molecular formula is C12H19NO2. The highest BCUT2D eigenvalue weighted by Gasteiger charge is 2.23. The molecule has 1 fully saturated rings. The van der Waals surface area contributed by atoms with Gasteiger partial charge in [-0.3, -0.25) is 0 Å². The summed E-state index contributed by atoms with van der Waals surface area (Å²) in [7, 11) is 0. The third-order valence-electron chi connectivity index (χ3n) is 3.15. The predicted octanol–water partition coefficient (Wildman–Crippen LogP) is 2.36. The van der Waals surface area contributed by atoms with Crippen molar-refractivity contribution in [3.63, 3.8) is 0 Å². The fourth-order valence-electron chi connectivity index (χ4n) is 2.10. The number of hydrogen-bond acceptors (Lipinski definition) is 3. The zero-order valence-electron chi connectivity index (χ0n) is 9.40. The van der Waals surface area contributed by atoms with Gasteiger partial charge in [0.15, 0.2) is 0 Å². The second-order valence-electron chi connectivity index (χ2n) is 4.32. The first-order valence-electron chi connectivity index (χ1n) is 5.64. The monoisotopic (exact) mass is 209 g/mol. The topological polar surface area (TPSA) is 34.4 Å². The summed E-state index contributed by atoms with van der Waals surface area (Å²) >= 11 is 0. The van der Waals surface area contributed by atoms with Crippen LogP contribution in [0.25, 0.3) is 0 Å². The summed E-state index contributed by atoms with van der Waals surface area (Å²) in [5.74, 6) is 1.64. The van der Waals surface area contributed by atoms with Gasteiger partial charge < -0.3 is 14.5 Å². The Kier molecular flexibility index (Phi) is 3.44. The van der Waals surface area contributed by atoms with Gasteiger partial charge in [0.05, 0.1) is 18.9 Å². The standard InChI is InChI=1S/C12H19NO2/c1-9(11-5-7-14-8-11)13-10(2)12-4-3-6-15-12/h3-4,6,9-11,13H,5,7-8H2,1-2H3/t9?,10-,11?/m0/s1.